The second kappa shape index (κ2) is 12.1. The van der Waals surface area contributed by atoms with Crippen LogP contribution >= 0.6 is 0 Å². The van der Waals surface area contributed by atoms with Crippen LogP contribution in [0.5, 0.6) is 0 Å². The topological polar surface area (TPSA) is 38.7 Å². The minimum absolute atomic E-state index is 0.111. The molecule has 0 radical (unpaired) electrons. The van der Waals surface area contributed by atoms with Gasteiger partial charge in [0.05, 0.1) is 5.41 Å². The smallest absolute Gasteiger partial charge is 0.164 e. The minimum Gasteiger partial charge on any atom is -0.208 e. The normalized spacial score (nSPS) is 17.2. The second-order valence-corrected chi connectivity index (χ2v) is 12.8. The molecule has 3 nitrogen and oxygen atoms in total. The molecule has 0 fully saturated rings. The van der Waals surface area contributed by atoms with Crippen molar-refractivity contribution in [2.75, 3.05) is 0 Å². The lowest BCUT2D eigenvalue weighted by Gasteiger charge is -2.39. The summed E-state index contributed by atoms with van der Waals surface area (Å²) in [5.74, 6) is 2.32. The van der Waals surface area contributed by atoms with Gasteiger partial charge in [0.1, 0.15) is 0 Å². The minimum atomic E-state index is -0.384. The third-order valence-corrected chi connectivity index (χ3v) is 10.1. The Balaban J connectivity index is 1.22. The van der Waals surface area contributed by atoms with Crippen LogP contribution in [0.4, 0.5) is 0 Å². The Morgan fingerprint density at radius 3 is 1.47 bits per heavy atom. The molecule has 232 valence electrons. The Bertz CT molecular complexity index is 2270. The van der Waals surface area contributed by atoms with Crippen molar-refractivity contribution in [2.24, 2.45) is 5.92 Å². The lowest BCUT2D eigenvalue weighted by molar-refractivity contribution is 0.458. The molecule has 1 aromatic heterocycles. The first kappa shape index (κ1) is 29.0. The SMILES string of the molecule is C1=CC2c3ccccc3C(c3ccccc3)(c3ccccc3)C2C=C1c1nc(-c2ccccc2)nc(-c2ccc(-c3ccccc3)cc2)n1. The van der Waals surface area contributed by atoms with E-state index in [0.29, 0.717) is 17.5 Å². The van der Waals surface area contributed by atoms with E-state index >= 15 is 0 Å². The molecule has 0 saturated heterocycles. The summed E-state index contributed by atoms with van der Waals surface area (Å²) in [6, 6.07) is 60.1. The average Bonchev–Trinajstić information content (AvgIpc) is 3.49. The highest BCUT2D eigenvalue weighted by Gasteiger charge is 2.53. The van der Waals surface area contributed by atoms with Gasteiger partial charge in [0.2, 0.25) is 0 Å². The summed E-state index contributed by atoms with van der Waals surface area (Å²) in [5.41, 5.74) is 10.2. The number of hydrogen-bond acceptors (Lipinski definition) is 3. The molecule has 3 heteroatoms. The molecular weight excluding hydrogens is 595 g/mol. The summed E-state index contributed by atoms with van der Waals surface area (Å²) in [4.78, 5) is 15.3. The van der Waals surface area contributed by atoms with Crippen molar-refractivity contribution in [2.45, 2.75) is 11.3 Å². The maximum atomic E-state index is 5.17. The van der Waals surface area contributed by atoms with Crippen LogP contribution in [0.3, 0.4) is 0 Å². The van der Waals surface area contributed by atoms with Gasteiger partial charge in [0.15, 0.2) is 17.5 Å². The Hall–Kier alpha value is -6.19. The van der Waals surface area contributed by atoms with E-state index in [9.17, 15) is 0 Å². The third-order valence-electron chi connectivity index (χ3n) is 10.1. The molecule has 0 amide bonds. The van der Waals surface area contributed by atoms with Gasteiger partial charge < -0.3 is 0 Å². The molecule has 0 aliphatic heterocycles. The first-order chi connectivity index (χ1) is 24.3. The third kappa shape index (κ3) is 4.94. The number of rotatable bonds is 6. The van der Waals surface area contributed by atoms with Crippen LogP contribution in [0.2, 0.25) is 0 Å². The van der Waals surface area contributed by atoms with Crippen LogP contribution in [0.15, 0.2) is 188 Å². The largest absolute Gasteiger partial charge is 0.208 e. The van der Waals surface area contributed by atoms with Crippen molar-refractivity contribution in [3.63, 3.8) is 0 Å². The second-order valence-electron chi connectivity index (χ2n) is 12.8. The first-order valence-electron chi connectivity index (χ1n) is 16.9. The molecule has 0 bridgehead atoms. The van der Waals surface area contributed by atoms with Crippen LogP contribution in [0, 0.1) is 5.92 Å². The molecule has 0 N–H and O–H groups in total. The monoisotopic (exact) mass is 627 g/mol. The average molecular weight is 628 g/mol. The fourth-order valence-electron chi connectivity index (χ4n) is 7.90. The van der Waals surface area contributed by atoms with Gasteiger partial charge in [-0.15, -0.1) is 0 Å². The van der Waals surface area contributed by atoms with Gasteiger partial charge in [-0.25, -0.2) is 15.0 Å². The van der Waals surface area contributed by atoms with E-state index in [1.807, 2.05) is 24.3 Å². The van der Waals surface area contributed by atoms with Crippen LogP contribution in [-0.4, -0.2) is 15.0 Å². The van der Waals surface area contributed by atoms with Crippen molar-refractivity contribution in [3.05, 3.63) is 216 Å². The van der Waals surface area contributed by atoms with Gasteiger partial charge in [0.25, 0.3) is 0 Å². The fraction of sp³-hybridized carbons (Fsp3) is 0.0652. The van der Waals surface area contributed by atoms with Crippen molar-refractivity contribution < 1.29 is 0 Å². The molecule has 6 aromatic carbocycles. The lowest BCUT2D eigenvalue weighted by Crippen LogP contribution is -2.35. The Morgan fingerprint density at radius 1 is 0.408 bits per heavy atom. The van der Waals surface area contributed by atoms with Crippen LogP contribution in [0.1, 0.15) is 34.0 Å². The van der Waals surface area contributed by atoms with Crippen molar-refractivity contribution in [3.8, 4) is 33.9 Å². The molecular formula is C46H33N3. The van der Waals surface area contributed by atoms with E-state index < -0.39 is 0 Å². The quantitative estimate of drug-likeness (QED) is 0.184. The highest BCUT2D eigenvalue weighted by molar-refractivity contribution is 5.77. The number of aromatic nitrogens is 3. The van der Waals surface area contributed by atoms with E-state index in [1.54, 1.807) is 0 Å². The standard InChI is InChI=1S/C46H33N3/c1-5-15-32(16-6-1)33-25-27-35(28-26-33)44-47-43(34-17-7-2-8-18-34)48-45(49-44)36-29-30-40-39-23-13-14-24-41(39)46(42(40)31-36,37-19-9-3-10-20-37)38-21-11-4-12-22-38/h1-31,40,42H. The van der Waals surface area contributed by atoms with Gasteiger partial charge in [-0.3, -0.25) is 0 Å². The summed E-state index contributed by atoms with van der Waals surface area (Å²) in [6.07, 6.45) is 7.01. The van der Waals surface area contributed by atoms with Crippen LogP contribution in [-0.2, 0) is 5.41 Å². The molecule has 2 aliphatic rings. The van der Waals surface area contributed by atoms with E-state index in [-0.39, 0.29) is 17.3 Å². The molecule has 49 heavy (non-hydrogen) atoms. The van der Waals surface area contributed by atoms with Crippen LogP contribution in [0.25, 0.3) is 39.5 Å². The molecule has 2 unspecified atom stereocenters. The van der Waals surface area contributed by atoms with E-state index in [2.05, 4.69) is 164 Å². The maximum absolute atomic E-state index is 5.17. The molecule has 9 rings (SSSR count). The number of fused-ring (bicyclic) bond motifs is 3. The summed E-state index contributed by atoms with van der Waals surface area (Å²) in [7, 11) is 0. The van der Waals surface area contributed by atoms with Crippen molar-refractivity contribution >= 4 is 5.57 Å². The molecule has 0 saturated carbocycles. The maximum Gasteiger partial charge on any atom is 0.164 e. The van der Waals surface area contributed by atoms with Gasteiger partial charge in [-0.2, -0.15) is 0 Å². The number of benzene rings is 6. The van der Waals surface area contributed by atoms with E-state index in [0.717, 1.165) is 22.3 Å². The van der Waals surface area contributed by atoms with Gasteiger partial charge in [0, 0.05) is 28.5 Å². The zero-order valence-corrected chi connectivity index (χ0v) is 26.9. The van der Waals surface area contributed by atoms with Crippen molar-refractivity contribution in [1.29, 1.82) is 0 Å². The zero-order valence-electron chi connectivity index (χ0n) is 26.9. The number of allylic oxidation sites excluding steroid dienone is 4. The summed E-state index contributed by atoms with van der Waals surface area (Å²) in [5, 5.41) is 0. The summed E-state index contributed by atoms with van der Waals surface area (Å²) >= 11 is 0. The molecule has 0 spiro atoms. The summed E-state index contributed by atoms with van der Waals surface area (Å²) in [6.45, 7) is 0. The van der Waals surface area contributed by atoms with E-state index in [1.165, 1.54) is 27.8 Å². The predicted molar refractivity (Wildman–Crippen MR) is 199 cm³/mol. The molecule has 2 atom stereocenters. The van der Waals surface area contributed by atoms with Crippen molar-refractivity contribution in [1.82, 2.24) is 15.0 Å². The van der Waals surface area contributed by atoms with E-state index in [4.69, 9.17) is 15.0 Å². The highest BCUT2D eigenvalue weighted by Crippen LogP contribution is 2.60. The van der Waals surface area contributed by atoms with Gasteiger partial charge >= 0.3 is 0 Å². The molecule has 1 heterocycles. The lowest BCUT2D eigenvalue weighted by atomic mass is 9.62. The Morgan fingerprint density at radius 2 is 0.857 bits per heavy atom. The Labute approximate surface area is 287 Å². The fourth-order valence-corrected chi connectivity index (χ4v) is 7.90. The first-order valence-corrected chi connectivity index (χ1v) is 16.9. The molecule has 7 aromatic rings. The Kier molecular flexibility index (Phi) is 7.17. The van der Waals surface area contributed by atoms with Crippen LogP contribution < -0.4 is 0 Å². The highest BCUT2D eigenvalue weighted by atomic mass is 15.0. The predicted octanol–water partition coefficient (Wildman–Crippen LogP) is 10.6. The van der Waals surface area contributed by atoms with Gasteiger partial charge in [-0.05, 0) is 33.4 Å². The zero-order chi connectivity index (χ0) is 32.6. The summed E-state index contributed by atoms with van der Waals surface area (Å²) < 4.78 is 0. The number of hydrogen-bond donors (Lipinski definition) is 0. The molecule has 2 aliphatic carbocycles. The van der Waals surface area contributed by atoms with Gasteiger partial charge in [-0.1, -0.05) is 188 Å². The number of nitrogens with zero attached hydrogens (tertiary/aromatic N) is 3.